The van der Waals surface area contributed by atoms with E-state index < -0.39 is 0 Å². The highest BCUT2D eigenvalue weighted by atomic mass is 16.5. The lowest BCUT2D eigenvalue weighted by Crippen LogP contribution is -2.12. The number of nitrogens with one attached hydrogen (secondary N) is 2. The Bertz CT molecular complexity index is 1440. The number of furan rings is 2. The number of hydrogen-bond acceptors (Lipinski definition) is 5. The van der Waals surface area contributed by atoms with Gasteiger partial charge in [0.2, 0.25) is 0 Å². The number of hydrogen-bond donors (Lipinski definition) is 2. The van der Waals surface area contributed by atoms with Crippen LogP contribution in [0.2, 0.25) is 0 Å². The Hall–Kier alpha value is -4.78. The second kappa shape index (κ2) is 9.38. The first kappa shape index (κ1) is 21.1. The van der Waals surface area contributed by atoms with Crippen molar-refractivity contribution in [1.82, 2.24) is 0 Å². The lowest BCUT2D eigenvalue weighted by molar-refractivity contribution is 0.0986. The summed E-state index contributed by atoms with van der Waals surface area (Å²) in [5, 5.41) is 7.72. The molecule has 2 aromatic heterocycles. The standard InChI is InChI=1S/C27H20N2O5/c30-26(24-6-3-15-32-24)28-20-8-10-21(11-9-20)29-27(31)25-14-13-23(34-25)17-33-22-12-7-18-4-1-2-5-19(18)16-22/h1-16H,17H2,(H,28,30)(H,29,31). The molecule has 168 valence electrons. The predicted octanol–water partition coefficient (Wildman–Crippen LogP) is 6.11. The second-order valence-electron chi connectivity index (χ2n) is 7.53. The lowest BCUT2D eigenvalue weighted by Gasteiger charge is -2.07. The Morgan fingerprint density at radius 2 is 1.41 bits per heavy atom. The van der Waals surface area contributed by atoms with Crippen LogP contribution in [-0.4, -0.2) is 11.8 Å². The van der Waals surface area contributed by atoms with Crippen molar-refractivity contribution in [2.24, 2.45) is 0 Å². The zero-order valence-electron chi connectivity index (χ0n) is 18.0. The molecular formula is C27H20N2O5. The van der Waals surface area contributed by atoms with Gasteiger partial charge in [-0.15, -0.1) is 0 Å². The molecule has 7 heteroatoms. The lowest BCUT2D eigenvalue weighted by atomic mass is 10.1. The van der Waals surface area contributed by atoms with Crippen LogP contribution in [0.3, 0.4) is 0 Å². The number of fused-ring (bicyclic) bond motifs is 1. The van der Waals surface area contributed by atoms with Crippen LogP contribution in [0.15, 0.2) is 106 Å². The average Bonchev–Trinajstić information content (AvgIpc) is 3.57. The van der Waals surface area contributed by atoms with E-state index in [4.69, 9.17) is 13.6 Å². The fraction of sp³-hybridized carbons (Fsp3) is 0.0370. The number of carbonyl (C=O) groups is 2. The molecule has 3 aromatic carbocycles. The molecule has 5 aromatic rings. The van der Waals surface area contributed by atoms with Crippen molar-refractivity contribution < 1.29 is 23.2 Å². The van der Waals surface area contributed by atoms with E-state index in [0.29, 0.717) is 17.1 Å². The highest BCUT2D eigenvalue weighted by Gasteiger charge is 2.13. The van der Waals surface area contributed by atoms with Gasteiger partial charge < -0.3 is 24.2 Å². The van der Waals surface area contributed by atoms with Crippen molar-refractivity contribution in [3.05, 3.63) is 115 Å². The van der Waals surface area contributed by atoms with Crippen molar-refractivity contribution in [2.75, 3.05) is 10.6 Å². The zero-order chi connectivity index (χ0) is 23.3. The maximum Gasteiger partial charge on any atom is 0.291 e. The summed E-state index contributed by atoms with van der Waals surface area (Å²) in [6.45, 7) is 0.204. The number of rotatable bonds is 7. The smallest absolute Gasteiger partial charge is 0.291 e. The molecule has 0 bridgehead atoms. The SMILES string of the molecule is O=C(Nc1ccc(NC(=O)c2ccc(COc3ccc4ccccc4c3)o2)cc1)c1ccco1. The number of benzene rings is 3. The Morgan fingerprint density at radius 3 is 2.12 bits per heavy atom. The summed E-state index contributed by atoms with van der Waals surface area (Å²) in [7, 11) is 0. The maximum atomic E-state index is 12.5. The Labute approximate surface area is 195 Å². The summed E-state index contributed by atoms with van der Waals surface area (Å²) in [6, 6.07) is 27.2. The van der Waals surface area contributed by atoms with Gasteiger partial charge >= 0.3 is 0 Å². The van der Waals surface area contributed by atoms with Gasteiger partial charge in [-0.05, 0) is 71.4 Å². The van der Waals surface area contributed by atoms with E-state index in [0.717, 1.165) is 16.5 Å². The molecule has 0 saturated heterocycles. The van der Waals surface area contributed by atoms with Crippen molar-refractivity contribution >= 4 is 34.0 Å². The Balaban J connectivity index is 1.16. The molecule has 2 amide bonds. The van der Waals surface area contributed by atoms with Gasteiger partial charge in [0.05, 0.1) is 6.26 Å². The average molecular weight is 452 g/mol. The third-order valence-electron chi connectivity index (χ3n) is 5.13. The molecule has 0 atom stereocenters. The normalized spacial score (nSPS) is 10.7. The molecule has 2 heterocycles. The molecule has 0 unspecified atom stereocenters. The van der Waals surface area contributed by atoms with Gasteiger partial charge in [0.25, 0.3) is 11.8 Å². The first-order valence-electron chi connectivity index (χ1n) is 10.6. The minimum absolute atomic E-state index is 0.173. The van der Waals surface area contributed by atoms with Gasteiger partial charge in [-0.1, -0.05) is 30.3 Å². The summed E-state index contributed by atoms with van der Waals surface area (Å²) in [6.07, 6.45) is 1.43. The molecule has 0 saturated carbocycles. The molecule has 0 spiro atoms. The van der Waals surface area contributed by atoms with Gasteiger partial charge in [0, 0.05) is 11.4 Å². The Morgan fingerprint density at radius 1 is 0.706 bits per heavy atom. The van der Waals surface area contributed by atoms with Crippen molar-refractivity contribution in [3.63, 3.8) is 0 Å². The van der Waals surface area contributed by atoms with Crippen LogP contribution in [0.4, 0.5) is 11.4 Å². The van der Waals surface area contributed by atoms with Crippen LogP contribution in [0.5, 0.6) is 5.75 Å². The molecule has 0 aliphatic heterocycles. The summed E-state index contributed by atoms with van der Waals surface area (Å²) < 4.78 is 16.5. The minimum Gasteiger partial charge on any atom is -0.486 e. The second-order valence-corrected chi connectivity index (χ2v) is 7.53. The largest absolute Gasteiger partial charge is 0.486 e. The van der Waals surface area contributed by atoms with Gasteiger partial charge in [0.1, 0.15) is 18.1 Å². The van der Waals surface area contributed by atoms with Gasteiger partial charge in [-0.3, -0.25) is 9.59 Å². The highest BCUT2D eigenvalue weighted by Crippen LogP contribution is 2.22. The number of carbonyl (C=O) groups excluding carboxylic acids is 2. The summed E-state index contributed by atoms with van der Waals surface area (Å²) in [5.74, 6) is 0.915. The first-order valence-corrected chi connectivity index (χ1v) is 10.6. The van der Waals surface area contributed by atoms with Crippen LogP contribution in [0, 0.1) is 0 Å². The minimum atomic E-state index is -0.385. The van der Waals surface area contributed by atoms with E-state index in [1.807, 2.05) is 42.5 Å². The van der Waals surface area contributed by atoms with Gasteiger partial charge in [-0.2, -0.15) is 0 Å². The van der Waals surface area contributed by atoms with Gasteiger partial charge in [0.15, 0.2) is 11.5 Å². The Kier molecular flexibility index (Phi) is 5.82. The highest BCUT2D eigenvalue weighted by molar-refractivity contribution is 6.03. The quantitative estimate of drug-likeness (QED) is 0.311. The maximum absolute atomic E-state index is 12.5. The van der Waals surface area contributed by atoms with Crippen molar-refractivity contribution in [1.29, 1.82) is 0 Å². The monoisotopic (exact) mass is 452 g/mol. The zero-order valence-corrected chi connectivity index (χ0v) is 18.0. The molecule has 0 aliphatic rings. The number of ether oxygens (including phenoxy) is 1. The van der Waals surface area contributed by atoms with E-state index in [9.17, 15) is 9.59 Å². The molecule has 7 nitrogen and oxygen atoms in total. The fourth-order valence-electron chi connectivity index (χ4n) is 3.42. The third kappa shape index (κ3) is 4.83. The summed E-state index contributed by atoms with van der Waals surface area (Å²) >= 11 is 0. The molecule has 0 radical (unpaired) electrons. The molecule has 34 heavy (non-hydrogen) atoms. The van der Waals surface area contributed by atoms with Crippen LogP contribution in [0.25, 0.3) is 10.8 Å². The van der Waals surface area contributed by atoms with Crippen molar-refractivity contribution in [3.8, 4) is 5.75 Å². The molecular weight excluding hydrogens is 432 g/mol. The molecule has 0 aliphatic carbocycles. The van der Waals surface area contributed by atoms with E-state index >= 15 is 0 Å². The predicted molar refractivity (Wildman–Crippen MR) is 128 cm³/mol. The van der Waals surface area contributed by atoms with Gasteiger partial charge in [-0.25, -0.2) is 0 Å². The molecule has 2 N–H and O–H groups in total. The van der Waals surface area contributed by atoms with Crippen LogP contribution in [0.1, 0.15) is 26.9 Å². The fourth-order valence-corrected chi connectivity index (χ4v) is 3.42. The topological polar surface area (TPSA) is 93.7 Å². The molecule has 5 rings (SSSR count). The van der Waals surface area contributed by atoms with E-state index in [-0.39, 0.29) is 29.9 Å². The summed E-state index contributed by atoms with van der Waals surface area (Å²) in [5.41, 5.74) is 1.14. The van der Waals surface area contributed by atoms with Crippen LogP contribution >= 0.6 is 0 Å². The number of anilines is 2. The summed E-state index contributed by atoms with van der Waals surface area (Å²) in [4.78, 5) is 24.6. The van der Waals surface area contributed by atoms with Crippen molar-refractivity contribution in [2.45, 2.75) is 6.61 Å². The molecule has 0 fully saturated rings. The van der Waals surface area contributed by atoms with Crippen LogP contribution < -0.4 is 15.4 Å². The van der Waals surface area contributed by atoms with E-state index in [2.05, 4.69) is 10.6 Å². The third-order valence-corrected chi connectivity index (χ3v) is 5.13. The van der Waals surface area contributed by atoms with Crippen LogP contribution in [-0.2, 0) is 6.61 Å². The first-order chi connectivity index (χ1) is 16.6. The van der Waals surface area contributed by atoms with E-state index in [1.54, 1.807) is 48.5 Å². The van der Waals surface area contributed by atoms with E-state index in [1.165, 1.54) is 6.26 Å². The number of amides is 2.